The third-order valence-electron chi connectivity index (χ3n) is 2.83. The molecule has 0 aromatic rings. The number of carbonyl (C=O) groups excluding carboxylic acids is 2. The van der Waals surface area contributed by atoms with Crippen molar-refractivity contribution in [2.45, 2.75) is 25.4 Å². The van der Waals surface area contributed by atoms with Gasteiger partial charge in [-0.05, 0) is 6.42 Å². The normalized spacial score (nSPS) is 26.1. The summed E-state index contributed by atoms with van der Waals surface area (Å²) in [5.74, 6) is -1.08. The smallest absolute Gasteiger partial charge is 0.359 e. The second kappa shape index (κ2) is 4.31. The number of nitrogens with one attached hydrogen (secondary N) is 2. The predicted octanol–water partition coefficient (Wildman–Crippen LogP) is 0.581. The summed E-state index contributed by atoms with van der Waals surface area (Å²) >= 11 is 0. The van der Waals surface area contributed by atoms with Crippen LogP contribution in [0.25, 0.3) is 0 Å². The van der Waals surface area contributed by atoms with Crippen LogP contribution in [0, 0.1) is 5.41 Å². The van der Waals surface area contributed by atoms with Crippen LogP contribution >= 0.6 is 0 Å². The summed E-state index contributed by atoms with van der Waals surface area (Å²) in [5, 5.41) is 4.34. The molecule has 2 N–H and O–H groups in total. The first-order valence-corrected chi connectivity index (χ1v) is 4.85. The number of hydrogen-bond donors (Lipinski definition) is 2. The van der Waals surface area contributed by atoms with Gasteiger partial charge < -0.3 is 10.6 Å². The molecule has 1 aliphatic heterocycles. The molecule has 7 heteroatoms. The van der Waals surface area contributed by atoms with Gasteiger partial charge in [-0.3, -0.25) is 9.59 Å². The molecule has 1 saturated heterocycles. The van der Waals surface area contributed by atoms with Crippen LogP contribution in [0.3, 0.4) is 0 Å². The molecule has 1 rings (SSSR count). The average molecular weight is 238 g/mol. The highest BCUT2D eigenvalue weighted by Crippen LogP contribution is 2.45. The van der Waals surface area contributed by atoms with E-state index < -0.39 is 36.4 Å². The predicted molar refractivity (Wildman–Crippen MR) is 49.4 cm³/mol. The molecule has 1 heterocycles. The maximum absolute atomic E-state index is 12.9. The van der Waals surface area contributed by atoms with Crippen molar-refractivity contribution in [2.75, 3.05) is 13.6 Å². The molecular formula is C9H13F3N2O2. The van der Waals surface area contributed by atoms with E-state index in [9.17, 15) is 22.8 Å². The van der Waals surface area contributed by atoms with Gasteiger partial charge in [-0.2, -0.15) is 13.2 Å². The number of piperidine rings is 1. The van der Waals surface area contributed by atoms with Crippen LogP contribution in [-0.4, -0.2) is 31.6 Å². The van der Waals surface area contributed by atoms with Gasteiger partial charge in [0.05, 0.1) is 5.41 Å². The molecule has 92 valence electrons. The van der Waals surface area contributed by atoms with Gasteiger partial charge in [-0.1, -0.05) is 0 Å². The standard InChI is InChI=1S/C9H13F3N2O2/c1-13-7(16)4-8(9(10,11)12)3-2-6(15)14-5-8/h2-5H2,1H3,(H,13,16)(H,14,15). The van der Waals surface area contributed by atoms with E-state index in [1.807, 2.05) is 0 Å². The Bertz CT molecular complexity index is 292. The zero-order chi connectivity index (χ0) is 12.4. The van der Waals surface area contributed by atoms with Crippen molar-refractivity contribution >= 4 is 11.8 Å². The lowest BCUT2D eigenvalue weighted by Crippen LogP contribution is -2.53. The van der Waals surface area contributed by atoms with Crippen LogP contribution in [0.1, 0.15) is 19.3 Å². The molecule has 0 aliphatic carbocycles. The fourth-order valence-corrected chi connectivity index (χ4v) is 1.69. The van der Waals surface area contributed by atoms with E-state index in [0.29, 0.717) is 0 Å². The van der Waals surface area contributed by atoms with Crippen LogP contribution in [0.5, 0.6) is 0 Å². The van der Waals surface area contributed by atoms with Gasteiger partial charge in [0.2, 0.25) is 11.8 Å². The SMILES string of the molecule is CNC(=O)CC1(C(F)(F)F)CCC(=O)NC1. The van der Waals surface area contributed by atoms with Crippen LogP contribution in [0.15, 0.2) is 0 Å². The highest BCUT2D eigenvalue weighted by Gasteiger charge is 2.56. The fraction of sp³-hybridized carbons (Fsp3) is 0.778. The lowest BCUT2D eigenvalue weighted by Gasteiger charge is -2.38. The van der Waals surface area contributed by atoms with Crippen LogP contribution in [0.2, 0.25) is 0 Å². The Kier molecular flexibility index (Phi) is 3.44. The minimum atomic E-state index is -4.49. The summed E-state index contributed by atoms with van der Waals surface area (Å²) in [4.78, 5) is 21.9. The van der Waals surface area contributed by atoms with Crippen molar-refractivity contribution in [1.29, 1.82) is 0 Å². The molecule has 0 bridgehead atoms. The molecule has 0 saturated carbocycles. The van der Waals surface area contributed by atoms with Crippen LogP contribution in [-0.2, 0) is 9.59 Å². The second-order valence-corrected chi connectivity index (χ2v) is 3.90. The van der Waals surface area contributed by atoms with Gasteiger partial charge in [0.25, 0.3) is 0 Å². The average Bonchev–Trinajstić information content (AvgIpc) is 2.20. The molecule has 1 atom stereocenters. The van der Waals surface area contributed by atoms with E-state index >= 15 is 0 Å². The summed E-state index contributed by atoms with van der Waals surface area (Å²) in [5.41, 5.74) is -2.12. The van der Waals surface area contributed by atoms with Gasteiger partial charge in [-0.15, -0.1) is 0 Å². The van der Waals surface area contributed by atoms with E-state index in [0.717, 1.165) is 0 Å². The highest BCUT2D eigenvalue weighted by atomic mass is 19.4. The summed E-state index contributed by atoms with van der Waals surface area (Å²) < 4.78 is 38.7. The minimum Gasteiger partial charge on any atom is -0.359 e. The zero-order valence-corrected chi connectivity index (χ0v) is 8.78. The summed E-state index contributed by atoms with van der Waals surface area (Å²) in [6.45, 7) is -0.525. The minimum absolute atomic E-state index is 0.198. The van der Waals surface area contributed by atoms with Crippen molar-refractivity contribution in [3.63, 3.8) is 0 Å². The third kappa shape index (κ3) is 2.45. The number of amides is 2. The van der Waals surface area contributed by atoms with Crippen molar-refractivity contribution < 1.29 is 22.8 Å². The molecule has 0 spiro atoms. The van der Waals surface area contributed by atoms with Crippen molar-refractivity contribution in [1.82, 2.24) is 10.6 Å². The van der Waals surface area contributed by atoms with Crippen molar-refractivity contribution in [3.05, 3.63) is 0 Å². The van der Waals surface area contributed by atoms with E-state index in [1.54, 1.807) is 0 Å². The van der Waals surface area contributed by atoms with Gasteiger partial charge in [0.1, 0.15) is 0 Å². The third-order valence-corrected chi connectivity index (χ3v) is 2.83. The molecule has 4 nitrogen and oxygen atoms in total. The van der Waals surface area contributed by atoms with E-state index in [-0.39, 0.29) is 12.8 Å². The molecule has 1 fully saturated rings. The number of rotatable bonds is 2. The maximum Gasteiger partial charge on any atom is 0.396 e. The Morgan fingerprint density at radius 2 is 2.19 bits per heavy atom. The lowest BCUT2D eigenvalue weighted by molar-refractivity contribution is -0.230. The number of carbonyl (C=O) groups is 2. The first kappa shape index (κ1) is 12.8. The molecular weight excluding hydrogens is 225 g/mol. The maximum atomic E-state index is 12.9. The Morgan fingerprint density at radius 1 is 1.56 bits per heavy atom. The molecule has 2 amide bonds. The molecule has 1 aliphatic rings. The second-order valence-electron chi connectivity index (χ2n) is 3.90. The van der Waals surface area contributed by atoms with E-state index in [1.165, 1.54) is 7.05 Å². The van der Waals surface area contributed by atoms with E-state index in [4.69, 9.17) is 0 Å². The Balaban J connectivity index is 2.86. The largest absolute Gasteiger partial charge is 0.396 e. The van der Waals surface area contributed by atoms with Gasteiger partial charge >= 0.3 is 6.18 Å². The van der Waals surface area contributed by atoms with Gasteiger partial charge in [-0.25, -0.2) is 0 Å². The van der Waals surface area contributed by atoms with Crippen LogP contribution in [0.4, 0.5) is 13.2 Å². The van der Waals surface area contributed by atoms with Gasteiger partial charge in [0, 0.05) is 26.4 Å². The first-order chi connectivity index (χ1) is 7.31. The summed E-state index contributed by atoms with van der Waals surface area (Å²) in [7, 11) is 1.29. The zero-order valence-electron chi connectivity index (χ0n) is 8.78. The highest BCUT2D eigenvalue weighted by molar-refractivity contribution is 5.79. The Morgan fingerprint density at radius 3 is 2.56 bits per heavy atom. The molecule has 0 radical (unpaired) electrons. The molecule has 0 aromatic carbocycles. The van der Waals surface area contributed by atoms with Gasteiger partial charge in [0.15, 0.2) is 0 Å². The van der Waals surface area contributed by atoms with Crippen LogP contribution < -0.4 is 10.6 Å². The fourth-order valence-electron chi connectivity index (χ4n) is 1.69. The Labute approximate surface area is 90.6 Å². The molecule has 1 unspecified atom stereocenters. The van der Waals surface area contributed by atoms with E-state index in [2.05, 4.69) is 10.6 Å². The quantitative estimate of drug-likeness (QED) is 0.739. The number of halogens is 3. The molecule has 0 aromatic heterocycles. The monoisotopic (exact) mass is 238 g/mol. The number of hydrogen-bond acceptors (Lipinski definition) is 2. The summed E-state index contributed by atoms with van der Waals surface area (Å²) in [6.07, 6.45) is -5.67. The topological polar surface area (TPSA) is 58.2 Å². The molecule has 16 heavy (non-hydrogen) atoms. The number of alkyl halides is 3. The van der Waals surface area contributed by atoms with Crippen molar-refractivity contribution in [3.8, 4) is 0 Å². The Hall–Kier alpha value is -1.27. The summed E-state index contributed by atoms with van der Waals surface area (Å²) in [6, 6.07) is 0. The lowest BCUT2D eigenvalue weighted by atomic mass is 9.76. The first-order valence-electron chi connectivity index (χ1n) is 4.85. The van der Waals surface area contributed by atoms with Crippen molar-refractivity contribution in [2.24, 2.45) is 5.41 Å².